The van der Waals surface area contributed by atoms with Gasteiger partial charge in [0.05, 0.1) is 25.5 Å². The number of nitrogens with zero attached hydrogens (tertiary/aromatic N) is 2. The van der Waals surface area contributed by atoms with Gasteiger partial charge in [-0.15, -0.1) is 0 Å². The second kappa shape index (κ2) is 5.79. The van der Waals surface area contributed by atoms with E-state index < -0.39 is 0 Å². The highest BCUT2D eigenvalue weighted by atomic mass is 79.9. The van der Waals surface area contributed by atoms with Gasteiger partial charge in [0.1, 0.15) is 11.6 Å². The number of aryl methyl sites for hydroxylation is 1. The molecule has 112 valence electrons. The van der Waals surface area contributed by atoms with Crippen molar-refractivity contribution in [2.75, 3.05) is 0 Å². The molecule has 0 amide bonds. The molecule has 0 fully saturated rings. The molecule has 7 heteroatoms. The van der Waals surface area contributed by atoms with Gasteiger partial charge < -0.3 is 5.11 Å². The summed E-state index contributed by atoms with van der Waals surface area (Å²) in [5.74, 6) is 0.560. The maximum atomic E-state index is 12.8. The standard InChI is InChI=1S/C15H9Br3N2O2/c1-7-19-11-5-3-2-4-8(11)15(22)20(7)13-9(16)6-10(17)14(21)12(13)18/h2-6,21H,1H3. The van der Waals surface area contributed by atoms with Gasteiger partial charge >= 0.3 is 0 Å². The molecule has 0 aliphatic heterocycles. The molecule has 1 heterocycles. The number of hydrogen-bond acceptors (Lipinski definition) is 3. The number of aromatic nitrogens is 2. The van der Waals surface area contributed by atoms with E-state index in [2.05, 4.69) is 52.8 Å². The topological polar surface area (TPSA) is 55.1 Å². The van der Waals surface area contributed by atoms with Crippen molar-refractivity contribution in [2.24, 2.45) is 0 Å². The molecule has 0 spiro atoms. The first-order valence-electron chi connectivity index (χ1n) is 6.27. The average molecular weight is 489 g/mol. The summed E-state index contributed by atoms with van der Waals surface area (Å²) in [6.45, 7) is 1.76. The number of hydrogen-bond donors (Lipinski definition) is 1. The lowest BCUT2D eigenvalue weighted by Crippen LogP contribution is -2.23. The van der Waals surface area contributed by atoms with Crippen molar-refractivity contribution < 1.29 is 5.11 Å². The minimum Gasteiger partial charge on any atom is -0.505 e. The molecule has 1 aromatic heterocycles. The molecule has 0 saturated carbocycles. The molecule has 2 aromatic carbocycles. The summed E-state index contributed by atoms with van der Waals surface area (Å²) in [5, 5.41) is 10.6. The van der Waals surface area contributed by atoms with Crippen LogP contribution in [0.5, 0.6) is 5.75 Å². The van der Waals surface area contributed by atoms with E-state index >= 15 is 0 Å². The van der Waals surface area contributed by atoms with Gasteiger partial charge in [-0.1, -0.05) is 12.1 Å². The van der Waals surface area contributed by atoms with Crippen LogP contribution in [0.1, 0.15) is 5.82 Å². The van der Waals surface area contributed by atoms with Gasteiger partial charge in [-0.05, 0) is 72.9 Å². The van der Waals surface area contributed by atoms with Crippen LogP contribution in [0.2, 0.25) is 0 Å². The zero-order valence-electron chi connectivity index (χ0n) is 11.3. The van der Waals surface area contributed by atoms with Crippen LogP contribution < -0.4 is 5.56 Å². The van der Waals surface area contributed by atoms with E-state index in [9.17, 15) is 9.90 Å². The third-order valence-corrected chi connectivity index (χ3v) is 5.25. The Labute approximate surface area is 151 Å². The Balaban J connectivity index is 2.47. The third-order valence-electron chi connectivity index (χ3n) is 3.29. The second-order valence-corrected chi connectivity index (χ2v) is 7.17. The molecule has 22 heavy (non-hydrogen) atoms. The van der Waals surface area contributed by atoms with Crippen LogP contribution in [0.15, 0.2) is 48.5 Å². The van der Waals surface area contributed by atoms with E-state index in [1.165, 1.54) is 4.57 Å². The number of phenolic OH excluding ortho intramolecular Hbond substituents is 1. The Morgan fingerprint density at radius 2 is 1.82 bits per heavy atom. The lowest BCUT2D eigenvalue weighted by molar-refractivity contribution is 0.468. The zero-order valence-corrected chi connectivity index (χ0v) is 16.0. The maximum absolute atomic E-state index is 12.8. The molecular weight excluding hydrogens is 480 g/mol. The smallest absolute Gasteiger partial charge is 0.266 e. The van der Waals surface area contributed by atoms with Crippen LogP contribution in [0, 0.1) is 6.92 Å². The Bertz CT molecular complexity index is 967. The monoisotopic (exact) mass is 486 g/mol. The molecule has 0 aliphatic rings. The van der Waals surface area contributed by atoms with Gasteiger partial charge in [0.15, 0.2) is 0 Å². The summed E-state index contributed by atoms with van der Waals surface area (Å²) in [6.07, 6.45) is 0. The lowest BCUT2D eigenvalue weighted by Gasteiger charge is -2.15. The van der Waals surface area contributed by atoms with Crippen molar-refractivity contribution in [3.05, 3.63) is 59.9 Å². The van der Waals surface area contributed by atoms with Gasteiger partial charge in [-0.25, -0.2) is 4.98 Å². The summed E-state index contributed by atoms with van der Waals surface area (Å²) in [4.78, 5) is 17.3. The number of phenols is 1. The fourth-order valence-electron chi connectivity index (χ4n) is 2.28. The maximum Gasteiger partial charge on any atom is 0.266 e. The molecule has 0 aliphatic carbocycles. The van der Waals surface area contributed by atoms with E-state index in [0.29, 0.717) is 35.8 Å². The number of aromatic hydroxyl groups is 1. The number of fused-ring (bicyclic) bond motifs is 1. The van der Waals surface area contributed by atoms with Crippen molar-refractivity contribution in [1.82, 2.24) is 9.55 Å². The first kappa shape index (κ1) is 15.7. The van der Waals surface area contributed by atoms with Crippen molar-refractivity contribution in [3.63, 3.8) is 0 Å². The van der Waals surface area contributed by atoms with Gasteiger partial charge in [-0.3, -0.25) is 9.36 Å². The van der Waals surface area contributed by atoms with Crippen molar-refractivity contribution in [3.8, 4) is 11.4 Å². The fourth-order valence-corrected chi connectivity index (χ4v) is 4.76. The van der Waals surface area contributed by atoms with Crippen LogP contribution >= 0.6 is 47.8 Å². The molecule has 4 nitrogen and oxygen atoms in total. The van der Waals surface area contributed by atoms with E-state index in [0.717, 1.165) is 0 Å². The summed E-state index contributed by atoms with van der Waals surface area (Å²) in [6, 6.07) is 8.87. The Kier molecular flexibility index (Phi) is 4.13. The summed E-state index contributed by atoms with van der Waals surface area (Å²) in [7, 11) is 0. The highest BCUT2D eigenvalue weighted by Crippen LogP contribution is 2.41. The minimum atomic E-state index is -0.189. The summed E-state index contributed by atoms with van der Waals surface area (Å²) in [5.41, 5.74) is 0.975. The van der Waals surface area contributed by atoms with Gasteiger partial charge in [0.25, 0.3) is 5.56 Å². The molecule has 0 saturated heterocycles. The normalized spacial score (nSPS) is 11.1. The molecule has 3 aromatic rings. The number of rotatable bonds is 1. The van der Waals surface area contributed by atoms with Gasteiger partial charge in [-0.2, -0.15) is 0 Å². The SMILES string of the molecule is Cc1nc2ccccc2c(=O)n1-c1c(Br)cc(Br)c(O)c1Br. The Hall–Kier alpha value is -1.18. The fraction of sp³-hybridized carbons (Fsp3) is 0.0667. The first-order valence-corrected chi connectivity index (χ1v) is 8.65. The number of para-hydroxylation sites is 1. The van der Waals surface area contributed by atoms with E-state index in [4.69, 9.17) is 0 Å². The van der Waals surface area contributed by atoms with Crippen molar-refractivity contribution >= 4 is 58.7 Å². The summed E-state index contributed by atoms with van der Waals surface area (Å²) >= 11 is 10.1. The van der Waals surface area contributed by atoms with Gasteiger partial charge in [0.2, 0.25) is 0 Å². The van der Waals surface area contributed by atoms with Gasteiger partial charge in [0, 0.05) is 4.47 Å². The molecule has 0 radical (unpaired) electrons. The first-order chi connectivity index (χ1) is 10.4. The lowest BCUT2D eigenvalue weighted by atomic mass is 10.2. The van der Waals surface area contributed by atoms with Crippen LogP contribution in [-0.2, 0) is 0 Å². The Morgan fingerprint density at radius 3 is 2.55 bits per heavy atom. The molecule has 1 N–H and O–H groups in total. The van der Waals surface area contributed by atoms with E-state index in [1.807, 2.05) is 6.07 Å². The molecule has 0 bridgehead atoms. The predicted octanol–water partition coefficient (Wildman–Crippen LogP) is 4.69. The number of halogens is 3. The second-order valence-electron chi connectivity index (χ2n) is 4.67. The third kappa shape index (κ3) is 2.41. The molecule has 0 unspecified atom stereocenters. The summed E-state index contributed by atoms with van der Waals surface area (Å²) < 4.78 is 3.07. The average Bonchev–Trinajstić information content (AvgIpc) is 2.48. The highest BCUT2D eigenvalue weighted by Gasteiger charge is 2.19. The van der Waals surface area contributed by atoms with Crippen molar-refractivity contribution in [2.45, 2.75) is 6.92 Å². The highest BCUT2D eigenvalue weighted by molar-refractivity contribution is 9.11. The van der Waals surface area contributed by atoms with Crippen LogP contribution in [0.25, 0.3) is 16.6 Å². The van der Waals surface area contributed by atoms with Crippen LogP contribution in [-0.4, -0.2) is 14.7 Å². The molecule has 0 atom stereocenters. The minimum absolute atomic E-state index is 0.0256. The Morgan fingerprint density at radius 1 is 1.14 bits per heavy atom. The zero-order chi connectivity index (χ0) is 16.0. The van der Waals surface area contributed by atoms with Crippen LogP contribution in [0.3, 0.4) is 0 Å². The molecule has 3 rings (SSSR count). The quantitative estimate of drug-likeness (QED) is 0.541. The van der Waals surface area contributed by atoms with Crippen LogP contribution in [0.4, 0.5) is 0 Å². The van der Waals surface area contributed by atoms with E-state index in [1.54, 1.807) is 31.2 Å². The van der Waals surface area contributed by atoms with Crippen molar-refractivity contribution in [1.29, 1.82) is 0 Å². The molecular formula is C15H9Br3N2O2. The van der Waals surface area contributed by atoms with E-state index in [-0.39, 0.29) is 11.3 Å². The predicted molar refractivity (Wildman–Crippen MR) is 96.8 cm³/mol. The number of benzene rings is 2. The largest absolute Gasteiger partial charge is 0.505 e.